The molecule has 1 saturated heterocycles. The number of aromatic nitrogens is 3. The minimum atomic E-state index is -1.01. The van der Waals surface area contributed by atoms with Crippen LogP contribution in [-0.4, -0.2) is 74.4 Å². The fraction of sp³-hybridized carbons (Fsp3) is 0.522. The molecule has 3 heterocycles. The van der Waals surface area contributed by atoms with Gasteiger partial charge in [0.15, 0.2) is 0 Å². The second-order valence-electron chi connectivity index (χ2n) is 8.77. The molecule has 33 heavy (non-hydrogen) atoms. The number of hydrogen-bond acceptors (Lipinski definition) is 10. The molecule has 1 saturated carbocycles. The molecular weight excluding hydrogens is 442 g/mol. The van der Waals surface area contributed by atoms with Gasteiger partial charge in [0, 0.05) is 25.7 Å². The summed E-state index contributed by atoms with van der Waals surface area (Å²) in [5.41, 5.74) is 2.43. The maximum Gasteiger partial charge on any atom is 0.224 e. The Hall–Kier alpha value is -2.37. The first kappa shape index (κ1) is 22.4. The summed E-state index contributed by atoms with van der Waals surface area (Å²) in [6.45, 7) is 3.14. The maximum absolute atomic E-state index is 10.6. The summed E-state index contributed by atoms with van der Waals surface area (Å²) < 4.78 is 6.76. The first-order valence-corrected chi connectivity index (χ1v) is 12.2. The van der Waals surface area contributed by atoms with Gasteiger partial charge < -0.3 is 30.7 Å². The van der Waals surface area contributed by atoms with Gasteiger partial charge in [-0.3, -0.25) is 0 Å². The van der Waals surface area contributed by atoms with E-state index < -0.39 is 18.2 Å². The molecule has 0 bridgehead atoms. The normalized spacial score (nSPS) is 27.3. The van der Waals surface area contributed by atoms with Crippen LogP contribution in [0.1, 0.15) is 25.0 Å². The van der Waals surface area contributed by atoms with E-state index in [1.165, 1.54) is 0 Å². The highest BCUT2D eigenvalue weighted by Crippen LogP contribution is 2.38. The van der Waals surface area contributed by atoms with Crippen molar-refractivity contribution in [3.8, 4) is 10.6 Å². The van der Waals surface area contributed by atoms with Crippen molar-refractivity contribution in [1.29, 1.82) is 0 Å². The third-order valence-electron chi connectivity index (χ3n) is 6.47. The highest BCUT2D eigenvalue weighted by molar-refractivity contribution is 7.21. The van der Waals surface area contributed by atoms with Crippen LogP contribution in [0, 0.1) is 12.8 Å². The van der Waals surface area contributed by atoms with E-state index in [4.69, 9.17) is 14.7 Å². The molecule has 0 amide bonds. The zero-order valence-electron chi connectivity index (χ0n) is 18.4. The molecule has 9 nitrogen and oxygen atoms in total. The van der Waals surface area contributed by atoms with Gasteiger partial charge in [-0.1, -0.05) is 12.1 Å². The highest BCUT2D eigenvalue weighted by atomic mass is 32.1. The van der Waals surface area contributed by atoms with Crippen LogP contribution in [0.5, 0.6) is 0 Å². The number of fused-ring (bicyclic) bond motifs is 1. The maximum atomic E-state index is 10.6. The van der Waals surface area contributed by atoms with E-state index >= 15 is 0 Å². The highest BCUT2D eigenvalue weighted by Gasteiger charge is 2.41. The molecule has 1 aliphatic heterocycles. The second kappa shape index (κ2) is 9.47. The molecule has 5 rings (SSSR count). The van der Waals surface area contributed by atoms with Crippen molar-refractivity contribution >= 4 is 33.3 Å². The Labute approximate surface area is 195 Å². The summed E-state index contributed by atoms with van der Waals surface area (Å²) in [5.74, 6) is 0.636. The second-order valence-corrected chi connectivity index (χ2v) is 9.80. The molecule has 1 aromatic carbocycles. The number of para-hydroxylation sites is 1. The van der Waals surface area contributed by atoms with Crippen LogP contribution in [0.2, 0.25) is 0 Å². The molecule has 2 fully saturated rings. The van der Waals surface area contributed by atoms with Gasteiger partial charge in [0.05, 0.1) is 39.7 Å². The number of nitrogens with one attached hydrogen (secondary N) is 2. The molecule has 10 heteroatoms. The number of aliphatic hydroxyl groups is 3. The molecule has 5 atom stereocenters. The van der Waals surface area contributed by atoms with Gasteiger partial charge in [-0.15, -0.1) is 11.3 Å². The fourth-order valence-corrected chi connectivity index (χ4v) is 5.69. The van der Waals surface area contributed by atoms with Crippen LogP contribution in [0.25, 0.3) is 20.8 Å². The molecule has 0 spiro atoms. The Balaban J connectivity index is 1.49. The minimum absolute atomic E-state index is 0.145. The SMILES string of the molecule is Cc1nc(NCC2CCCO2)nc(N[C@@H]2C[C@H](CO)[C@@H](O)[C@H]2O)c1-c1nc2ccccc2s1. The van der Waals surface area contributed by atoms with Crippen LogP contribution in [0.3, 0.4) is 0 Å². The van der Waals surface area contributed by atoms with Crippen molar-refractivity contribution in [1.82, 2.24) is 15.0 Å². The molecule has 2 aliphatic rings. The van der Waals surface area contributed by atoms with E-state index in [2.05, 4.69) is 15.6 Å². The van der Waals surface area contributed by atoms with Gasteiger partial charge in [-0.05, 0) is 38.3 Å². The molecule has 176 valence electrons. The van der Waals surface area contributed by atoms with E-state index in [1.54, 1.807) is 11.3 Å². The Bertz CT molecular complexity index is 1090. The average Bonchev–Trinajstić information content (AvgIpc) is 3.53. The number of rotatable bonds is 7. The fourth-order valence-electron chi connectivity index (χ4n) is 4.63. The zero-order chi connectivity index (χ0) is 22.9. The molecule has 1 unspecified atom stereocenters. The van der Waals surface area contributed by atoms with Crippen molar-refractivity contribution in [3.63, 3.8) is 0 Å². The predicted octanol–water partition coefficient (Wildman–Crippen LogP) is 2.17. The Morgan fingerprint density at radius 1 is 1.15 bits per heavy atom. The van der Waals surface area contributed by atoms with Gasteiger partial charge in [-0.2, -0.15) is 4.98 Å². The quantitative estimate of drug-likeness (QED) is 0.352. The van der Waals surface area contributed by atoms with Crippen LogP contribution in [0.4, 0.5) is 11.8 Å². The molecule has 5 N–H and O–H groups in total. The summed E-state index contributed by atoms with van der Waals surface area (Å²) in [4.78, 5) is 14.2. The van der Waals surface area contributed by atoms with Crippen molar-refractivity contribution in [2.24, 2.45) is 5.92 Å². The van der Waals surface area contributed by atoms with E-state index in [9.17, 15) is 15.3 Å². The lowest BCUT2D eigenvalue weighted by Crippen LogP contribution is -2.35. The number of nitrogens with zero attached hydrogens (tertiary/aromatic N) is 3. The zero-order valence-corrected chi connectivity index (χ0v) is 19.3. The first-order chi connectivity index (χ1) is 16.0. The minimum Gasteiger partial charge on any atom is -0.396 e. The average molecular weight is 472 g/mol. The van der Waals surface area contributed by atoms with Gasteiger partial charge in [0.2, 0.25) is 5.95 Å². The lowest BCUT2D eigenvalue weighted by Gasteiger charge is -2.21. The third-order valence-corrected chi connectivity index (χ3v) is 7.52. The summed E-state index contributed by atoms with van der Waals surface area (Å²) >= 11 is 1.56. The van der Waals surface area contributed by atoms with Crippen LogP contribution < -0.4 is 10.6 Å². The van der Waals surface area contributed by atoms with Crippen LogP contribution in [0.15, 0.2) is 24.3 Å². The Kier molecular flexibility index (Phi) is 6.44. The lowest BCUT2D eigenvalue weighted by molar-refractivity contribution is 0.00446. The van der Waals surface area contributed by atoms with E-state index in [0.717, 1.165) is 45.9 Å². The summed E-state index contributed by atoms with van der Waals surface area (Å²) in [5, 5.41) is 37.8. The van der Waals surface area contributed by atoms with Crippen LogP contribution in [-0.2, 0) is 4.74 Å². The Morgan fingerprint density at radius 2 is 2.00 bits per heavy atom. The first-order valence-electron chi connectivity index (χ1n) is 11.4. The number of aryl methyl sites for hydroxylation is 1. The topological polar surface area (TPSA) is 133 Å². The monoisotopic (exact) mass is 471 g/mol. The molecule has 2 aromatic heterocycles. The van der Waals surface area contributed by atoms with Crippen molar-refractivity contribution in [2.45, 2.75) is 50.5 Å². The molecule has 3 aromatic rings. The summed E-state index contributed by atoms with van der Waals surface area (Å²) in [6.07, 6.45) is 0.646. The number of hydrogen-bond donors (Lipinski definition) is 5. The van der Waals surface area contributed by atoms with Gasteiger partial charge in [0.25, 0.3) is 0 Å². The molecule has 0 radical (unpaired) electrons. The van der Waals surface area contributed by atoms with Crippen molar-refractivity contribution in [3.05, 3.63) is 30.0 Å². The van der Waals surface area contributed by atoms with Gasteiger partial charge in [-0.25, -0.2) is 9.97 Å². The molecular formula is C23H29N5O4S. The summed E-state index contributed by atoms with van der Waals surface area (Å²) in [6, 6.07) is 7.48. The largest absolute Gasteiger partial charge is 0.396 e. The van der Waals surface area contributed by atoms with E-state index in [-0.39, 0.29) is 18.6 Å². The lowest BCUT2D eigenvalue weighted by atomic mass is 10.1. The number of benzene rings is 1. The van der Waals surface area contributed by atoms with Crippen molar-refractivity contribution in [2.75, 3.05) is 30.4 Å². The molecule has 1 aliphatic carbocycles. The van der Waals surface area contributed by atoms with Gasteiger partial charge in [0.1, 0.15) is 16.9 Å². The number of thiazole rings is 1. The van der Waals surface area contributed by atoms with Crippen molar-refractivity contribution < 1.29 is 20.1 Å². The number of aliphatic hydroxyl groups excluding tert-OH is 3. The third kappa shape index (κ3) is 4.53. The van der Waals surface area contributed by atoms with Gasteiger partial charge >= 0.3 is 0 Å². The number of ether oxygens (including phenoxy) is 1. The summed E-state index contributed by atoms with van der Waals surface area (Å²) in [7, 11) is 0. The Morgan fingerprint density at radius 3 is 2.73 bits per heavy atom. The van der Waals surface area contributed by atoms with E-state index in [0.29, 0.717) is 24.7 Å². The number of anilines is 2. The smallest absolute Gasteiger partial charge is 0.224 e. The predicted molar refractivity (Wildman–Crippen MR) is 127 cm³/mol. The standard InChI is InChI=1S/C23H29N5O4S/c1-12-18(22-27-15-6-2-3-7-17(15)33-22)21(26-16-9-13(11-29)19(30)20(16)31)28-23(25-12)24-10-14-5-4-8-32-14/h2-3,6-7,13-14,16,19-20,29-31H,4-5,8-11H2,1H3,(H2,24,25,26,28)/t13-,14?,16-,19-,20+/m1/s1. The van der Waals surface area contributed by atoms with Crippen LogP contribution >= 0.6 is 11.3 Å². The van der Waals surface area contributed by atoms with E-state index in [1.807, 2.05) is 31.2 Å².